The molecule has 0 unspecified atom stereocenters. The van der Waals surface area contributed by atoms with E-state index in [4.69, 9.17) is 0 Å². The molecular formula is C17H16FN5O2. The number of hydrogen-bond acceptors (Lipinski definition) is 4. The average molecular weight is 341 g/mol. The first-order valence-electron chi connectivity index (χ1n) is 8.06. The van der Waals surface area contributed by atoms with Gasteiger partial charge in [0, 0.05) is 25.7 Å². The number of likely N-dealkylation sites (tertiary alicyclic amines) is 1. The largest absolute Gasteiger partial charge is 0.338 e. The summed E-state index contributed by atoms with van der Waals surface area (Å²) in [6, 6.07) is 5.51. The molecule has 128 valence electrons. The maximum absolute atomic E-state index is 13.5. The van der Waals surface area contributed by atoms with Crippen molar-refractivity contribution in [3.63, 3.8) is 0 Å². The molecule has 1 aromatic carbocycles. The minimum absolute atomic E-state index is 0.235. The van der Waals surface area contributed by atoms with Crippen molar-refractivity contribution in [1.29, 1.82) is 0 Å². The first kappa shape index (κ1) is 15.5. The molecule has 3 heterocycles. The van der Waals surface area contributed by atoms with Crippen LogP contribution in [-0.4, -0.2) is 43.1 Å². The number of carbonyl (C=O) groups excluding carboxylic acids is 1. The zero-order chi connectivity index (χ0) is 17.6. The minimum Gasteiger partial charge on any atom is -0.324 e. The lowest BCUT2D eigenvalue weighted by Crippen LogP contribution is -2.38. The second-order valence-corrected chi connectivity index (χ2v) is 6.07. The van der Waals surface area contributed by atoms with Crippen LogP contribution in [0.2, 0.25) is 0 Å². The van der Waals surface area contributed by atoms with Crippen LogP contribution in [0, 0.1) is 5.82 Å². The Morgan fingerprint density at radius 2 is 2.00 bits per heavy atom. The molecular weight excluding hydrogens is 325 g/mol. The lowest BCUT2D eigenvalue weighted by molar-refractivity contribution is 0.210. The van der Waals surface area contributed by atoms with Gasteiger partial charge in [-0.2, -0.15) is 4.57 Å². The third-order valence-electron chi connectivity index (χ3n) is 4.45. The Hall–Kier alpha value is -3.03. The van der Waals surface area contributed by atoms with Crippen LogP contribution in [0.3, 0.4) is 0 Å². The number of imidazole rings is 1. The zero-order valence-corrected chi connectivity index (χ0v) is 13.6. The van der Waals surface area contributed by atoms with Crippen molar-refractivity contribution < 1.29 is 9.18 Å². The molecule has 1 fully saturated rings. The van der Waals surface area contributed by atoms with E-state index in [9.17, 15) is 14.0 Å². The van der Waals surface area contributed by atoms with E-state index in [1.54, 1.807) is 24.1 Å². The van der Waals surface area contributed by atoms with E-state index in [0.717, 1.165) is 17.4 Å². The van der Waals surface area contributed by atoms with Crippen LogP contribution < -0.4 is 5.69 Å². The molecule has 7 nitrogen and oxygen atoms in total. The molecule has 1 saturated heterocycles. The van der Waals surface area contributed by atoms with E-state index in [2.05, 4.69) is 9.97 Å². The molecule has 0 spiro atoms. The van der Waals surface area contributed by atoms with E-state index >= 15 is 0 Å². The number of hydrogen-bond donors (Lipinski definition) is 0. The number of halogens is 1. The van der Waals surface area contributed by atoms with Crippen molar-refractivity contribution in [2.45, 2.75) is 12.8 Å². The van der Waals surface area contributed by atoms with Gasteiger partial charge in [-0.1, -0.05) is 12.1 Å². The van der Waals surface area contributed by atoms with Gasteiger partial charge in [0.05, 0.1) is 6.20 Å². The lowest BCUT2D eigenvalue weighted by Gasteiger charge is -2.14. The van der Waals surface area contributed by atoms with Gasteiger partial charge in [0.1, 0.15) is 11.3 Å². The molecule has 0 bridgehead atoms. The van der Waals surface area contributed by atoms with E-state index in [-0.39, 0.29) is 17.5 Å². The number of aromatic nitrogens is 4. The highest BCUT2D eigenvalue weighted by molar-refractivity contribution is 5.87. The highest BCUT2D eigenvalue weighted by atomic mass is 19.1. The fourth-order valence-corrected chi connectivity index (χ4v) is 3.10. The van der Waals surface area contributed by atoms with Crippen LogP contribution in [0.1, 0.15) is 12.8 Å². The summed E-state index contributed by atoms with van der Waals surface area (Å²) in [5.74, 6) is -0.139. The average Bonchev–Trinajstić information content (AvgIpc) is 3.23. The SMILES string of the molecule is Cn1c(=O)n(C(=O)N2CCCC2)c2nc(-c3cccc(F)c3)ncc21. The Balaban J connectivity index is 1.90. The molecule has 8 heteroatoms. The molecule has 3 aromatic rings. The Morgan fingerprint density at radius 3 is 2.72 bits per heavy atom. The Bertz CT molecular complexity index is 1030. The fraction of sp³-hybridized carbons (Fsp3) is 0.294. The van der Waals surface area contributed by atoms with Gasteiger partial charge < -0.3 is 4.90 Å². The molecule has 1 aliphatic heterocycles. The highest BCUT2D eigenvalue weighted by Crippen LogP contribution is 2.19. The van der Waals surface area contributed by atoms with Crippen LogP contribution >= 0.6 is 0 Å². The van der Waals surface area contributed by atoms with E-state index < -0.39 is 11.5 Å². The smallest absolute Gasteiger partial charge is 0.324 e. The number of nitrogens with zero attached hydrogens (tertiary/aromatic N) is 5. The topological polar surface area (TPSA) is 73.0 Å². The van der Waals surface area contributed by atoms with Crippen molar-refractivity contribution in [3.05, 3.63) is 46.8 Å². The molecule has 1 amide bonds. The van der Waals surface area contributed by atoms with Gasteiger partial charge in [0.25, 0.3) is 0 Å². The second kappa shape index (κ2) is 5.80. The van der Waals surface area contributed by atoms with Gasteiger partial charge in [-0.25, -0.2) is 23.9 Å². The van der Waals surface area contributed by atoms with Crippen molar-refractivity contribution in [3.8, 4) is 11.4 Å². The summed E-state index contributed by atoms with van der Waals surface area (Å²) in [6.07, 6.45) is 3.33. The quantitative estimate of drug-likeness (QED) is 0.679. The first-order valence-corrected chi connectivity index (χ1v) is 8.06. The van der Waals surface area contributed by atoms with E-state index in [1.807, 2.05) is 0 Å². The summed E-state index contributed by atoms with van der Waals surface area (Å²) in [4.78, 5) is 35.5. The molecule has 0 radical (unpaired) electrons. The molecule has 0 atom stereocenters. The Morgan fingerprint density at radius 1 is 1.24 bits per heavy atom. The van der Waals surface area contributed by atoms with Crippen LogP contribution in [0.4, 0.5) is 9.18 Å². The van der Waals surface area contributed by atoms with Crippen LogP contribution in [-0.2, 0) is 7.05 Å². The number of benzene rings is 1. The highest BCUT2D eigenvalue weighted by Gasteiger charge is 2.25. The van der Waals surface area contributed by atoms with Crippen molar-refractivity contribution in [2.75, 3.05) is 13.1 Å². The summed E-state index contributed by atoms with van der Waals surface area (Å²) in [5, 5.41) is 0. The lowest BCUT2D eigenvalue weighted by atomic mass is 10.2. The number of carbonyl (C=O) groups is 1. The van der Waals surface area contributed by atoms with E-state index in [1.165, 1.54) is 22.9 Å². The van der Waals surface area contributed by atoms with Crippen LogP contribution in [0.25, 0.3) is 22.6 Å². The molecule has 1 aliphatic rings. The van der Waals surface area contributed by atoms with Gasteiger partial charge in [-0.05, 0) is 25.0 Å². The van der Waals surface area contributed by atoms with Gasteiger partial charge in [-0.3, -0.25) is 4.57 Å². The second-order valence-electron chi connectivity index (χ2n) is 6.07. The van der Waals surface area contributed by atoms with Crippen LogP contribution in [0.5, 0.6) is 0 Å². The summed E-state index contributed by atoms with van der Waals surface area (Å²) in [5.41, 5.74) is 0.715. The Kier molecular flexibility index (Phi) is 3.60. The van der Waals surface area contributed by atoms with Crippen molar-refractivity contribution in [2.24, 2.45) is 7.05 Å². The van der Waals surface area contributed by atoms with Gasteiger partial charge in [0.2, 0.25) is 0 Å². The maximum atomic E-state index is 13.5. The number of fused-ring (bicyclic) bond motifs is 1. The Labute approximate surface area is 142 Å². The minimum atomic E-state index is -0.461. The molecule has 2 aromatic heterocycles. The zero-order valence-electron chi connectivity index (χ0n) is 13.6. The predicted octanol–water partition coefficient (Wildman–Crippen LogP) is 2.00. The molecule has 0 N–H and O–H groups in total. The monoisotopic (exact) mass is 341 g/mol. The predicted molar refractivity (Wildman–Crippen MR) is 89.8 cm³/mol. The third kappa shape index (κ3) is 2.50. The normalized spacial score (nSPS) is 14.4. The molecule has 4 rings (SSSR count). The summed E-state index contributed by atoms with van der Waals surface area (Å²) >= 11 is 0. The van der Waals surface area contributed by atoms with Crippen molar-refractivity contribution in [1.82, 2.24) is 24.0 Å². The van der Waals surface area contributed by atoms with E-state index in [0.29, 0.717) is 24.2 Å². The van der Waals surface area contributed by atoms with Gasteiger partial charge in [0.15, 0.2) is 11.5 Å². The number of rotatable bonds is 1. The third-order valence-corrected chi connectivity index (χ3v) is 4.45. The summed E-state index contributed by atoms with van der Waals surface area (Å²) in [7, 11) is 1.57. The maximum Gasteiger partial charge on any atom is 0.338 e. The fourth-order valence-electron chi connectivity index (χ4n) is 3.10. The van der Waals surface area contributed by atoms with Gasteiger partial charge in [-0.15, -0.1) is 0 Å². The van der Waals surface area contributed by atoms with Crippen molar-refractivity contribution >= 4 is 17.2 Å². The molecule has 0 aliphatic carbocycles. The standard InChI is InChI=1S/C17H16FN5O2/c1-21-13-10-19-14(11-5-4-6-12(18)9-11)20-15(13)23(16(21)24)17(25)22-7-2-3-8-22/h4-6,9-10H,2-3,7-8H2,1H3. The summed E-state index contributed by atoms with van der Waals surface area (Å²) < 4.78 is 15.9. The molecule has 0 saturated carbocycles. The first-order chi connectivity index (χ1) is 12.1. The van der Waals surface area contributed by atoms with Crippen LogP contribution in [0.15, 0.2) is 35.3 Å². The molecule has 25 heavy (non-hydrogen) atoms. The summed E-state index contributed by atoms with van der Waals surface area (Å²) in [6.45, 7) is 1.26. The number of aryl methyl sites for hydroxylation is 1. The number of amides is 1. The van der Waals surface area contributed by atoms with Gasteiger partial charge >= 0.3 is 11.7 Å².